The molecule has 4 atom stereocenters. The van der Waals surface area contributed by atoms with Crippen molar-refractivity contribution in [2.45, 2.75) is 43.4 Å². The zero-order valence-corrected chi connectivity index (χ0v) is 23.3. The van der Waals surface area contributed by atoms with Crippen molar-refractivity contribution in [3.63, 3.8) is 0 Å². The van der Waals surface area contributed by atoms with E-state index in [2.05, 4.69) is 20.9 Å². The summed E-state index contributed by atoms with van der Waals surface area (Å²) in [7, 11) is 0. The molecule has 0 saturated carbocycles. The van der Waals surface area contributed by atoms with Crippen molar-refractivity contribution in [1.82, 2.24) is 20.9 Å². The molecule has 0 aliphatic heterocycles. The minimum Gasteiger partial charge on any atom is -0.508 e. The maximum atomic E-state index is 13.3. The number of carbonyl (C=O) groups is 4. The predicted octanol–water partition coefficient (Wildman–Crippen LogP) is 0.270. The molecule has 0 spiro atoms. The molecule has 2 aromatic carbocycles. The van der Waals surface area contributed by atoms with Crippen LogP contribution in [0.25, 0.3) is 10.9 Å². The number of hydrogen-bond donors (Lipinski definition) is 8. The van der Waals surface area contributed by atoms with Gasteiger partial charge in [-0.05, 0) is 54.2 Å². The molecule has 12 nitrogen and oxygen atoms in total. The number of aliphatic hydroxyl groups excluding tert-OH is 1. The highest BCUT2D eigenvalue weighted by atomic mass is 32.2. The van der Waals surface area contributed by atoms with Gasteiger partial charge in [-0.2, -0.15) is 11.8 Å². The average molecular weight is 586 g/mol. The number of carbonyl (C=O) groups excluding carboxylic acids is 3. The highest BCUT2D eigenvalue weighted by molar-refractivity contribution is 7.98. The number of carboxylic acids is 1. The van der Waals surface area contributed by atoms with Gasteiger partial charge in [-0.1, -0.05) is 30.3 Å². The molecule has 3 amide bonds. The standard InChI is InChI=1S/C28H35N5O7S/c1-41-11-10-22(28(39)40)31-26(37)23(13-17-14-30-21-5-3-2-4-19(17)21)32-27(38)24(15-34)33-25(36)20(29)12-16-6-8-18(35)9-7-16/h2-9,14,20,22-24,30,34-35H,10-13,15,29H2,1H3,(H,31,37)(H,32,38)(H,33,36)(H,39,40). The van der Waals surface area contributed by atoms with E-state index in [4.69, 9.17) is 5.73 Å². The zero-order chi connectivity index (χ0) is 29.9. The van der Waals surface area contributed by atoms with Gasteiger partial charge in [-0.25, -0.2) is 4.79 Å². The number of hydrogen-bond acceptors (Lipinski definition) is 8. The second-order valence-corrected chi connectivity index (χ2v) is 10.5. The first-order valence-corrected chi connectivity index (χ1v) is 14.3. The number of para-hydroxylation sites is 1. The van der Waals surface area contributed by atoms with E-state index in [1.807, 2.05) is 30.5 Å². The molecule has 3 aromatic rings. The number of carboxylic acid groups (broad SMARTS) is 1. The van der Waals surface area contributed by atoms with Gasteiger partial charge in [0.15, 0.2) is 0 Å². The Morgan fingerprint density at radius 1 is 0.902 bits per heavy atom. The molecule has 0 fully saturated rings. The zero-order valence-electron chi connectivity index (χ0n) is 22.5. The lowest BCUT2D eigenvalue weighted by atomic mass is 10.0. The molecular formula is C28H35N5O7S. The lowest BCUT2D eigenvalue weighted by Gasteiger charge is -2.24. The molecule has 0 aliphatic carbocycles. The summed E-state index contributed by atoms with van der Waals surface area (Å²) in [5.41, 5.74) is 8.20. The molecule has 3 rings (SSSR count). The van der Waals surface area contributed by atoms with E-state index in [0.717, 1.165) is 10.9 Å². The molecule has 220 valence electrons. The number of phenolic OH excluding ortho intramolecular Hbond substituents is 1. The number of aromatic hydroxyl groups is 1. The second kappa shape index (κ2) is 15.1. The predicted molar refractivity (Wildman–Crippen MR) is 155 cm³/mol. The van der Waals surface area contributed by atoms with Crippen LogP contribution < -0.4 is 21.7 Å². The number of aliphatic carboxylic acids is 1. The molecule has 0 radical (unpaired) electrons. The van der Waals surface area contributed by atoms with Crippen LogP contribution in [-0.4, -0.2) is 86.8 Å². The van der Waals surface area contributed by atoms with Crippen LogP contribution in [0.1, 0.15) is 17.5 Å². The molecule has 13 heteroatoms. The molecule has 0 aliphatic rings. The van der Waals surface area contributed by atoms with Gasteiger partial charge in [0.2, 0.25) is 17.7 Å². The lowest BCUT2D eigenvalue weighted by Crippen LogP contribution is -2.58. The van der Waals surface area contributed by atoms with Gasteiger partial charge in [0.25, 0.3) is 0 Å². The van der Waals surface area contributed by atoms with Crippen LogP contribution >= 0.6 is 11.8 Å². The topological polar surface area (TPSA) is 207 Å². The normalized spacial score (nSPS) is 14.0. The number of nitrogens with two attached hydrogens (primary N) is 1. The Bertz CT molecular complexity index is 1350. The van der Waals surface area contributed by atoms with Gasteiger partial charge in [-0.15, -0.1) is 0 Å². The number of aromatic amines is 1. The van der Waals surface area contributed by atoms with Crippen molar-refractivity contribution in [3.8, 4) is 5.75 Å². The Hall–Kier alpha value is -4.07. The van der Waals surface area contributed by atoms with Crippen LogP contribution in [0.2, 0.25) is 0 Å². The molecule has 0 bridgehead atoms. The first kappa shape index (κ1) is 31.5. The number of phenols is 1. The largest absolute Gasteiger partial charge is 0.508 e. The van der Waals surface area contributed by atoms with E-state index in [1.165, 1.54) is 23.9 Å². The molecule has 9 N–H and O–H groups in total. The van der Waals surface area contributed by atoms with Crippen molar-refractivity contribution in [2.24, 2.45) is 5.73 Å². The van der Waals surface area contributed by atoms with Crippen molar-refractivity contribution < 1.29 is 34.5 Å². The number of aromatic nitrogens is 1. The Morgan fingerprint density at radius 2 is 1.54 bits per heavy atom. The summed E-state index contributed by atoms with van der Waals surface area (Å²) < 4.78 is 0. The monoisotopic (exact) mass is 585 g/mol. The van der Waals surface area contributed by atoms with Gasteiger partial charge in [0, 0.05) is 23.5 Å². The number of thioether (sulfide) groups is 1. The number of aliphatic hydroxyl groups is 1. The second-order valence-electron chi connectivity index (χ2n) is 9.53. The highest BCUT2D eigenvalue weighted by Crippen LogP contribution is 2.19. The number of fused-ring (bicyclic) bond motifs is 1. The van der Waals surface area contributed by atoms with E-state index in [1.54, 1.807) is 18.3 Å². The Morgan fingerprint density at radius 3 is 2.20 bits per heavy atom. The maximum absolute atomic E-state index is 13.3. The van der Waals surface area contributed by atoms with Crippen molar-refractivity contribution in [2.75, 3.05) is 18.6 Å². The molecular weight excluding hydrogens is 550 g/mol. The van der Waals surface area contributed by atoms with Crippen LogP contribution in [0.4, 0.5) is 0 Å². The number of benzene rings is 2. The van der Waals surface area contributed by atoms with Crippen LogP contribution in [0.5, 0.6) is 5.75 Å². The first-order chi connectivity index (χ1) is 19.6. The fourth-order valence-corrected chi connectivity index (χ4v) is 4.69. The smallest absolute Gasteiger partial charge is 0.326 e. The Kier molecular flexibility index (Phi) is 11.6. The first-order valence-electron chi connectivity index (χ1n) is 12.9. The van der Waals surface area contributed by atoms with E-state index >= 15 is 0 Å². The SMILES string of the molecule is CSCCC(NC(=O)C(Cc1c[nH]c2ccccc12)NC(=O)C(CO)NC(=O)C(N)Cc1ccc(O)cc1)C(=O)O. The third kappa shape index (κ3) is 8.96. The third-order valence-corrected chi connectivity index (χ3v) is 7.15. The van der Waals surface area contributed by atoms with Crippen LogP contribution in [0.15, 0.2) is 54.7 Å². The highest BCUT2D eigenvalue weighted by Gasteiger charge is 2.30. The van der Waals surface area contributed by atoms with E-state index in [9.17, 15) is 34.5 Å². The van der Waals surface area contributed by atoms with E-state index < -0.39 is 54.5 Å². The van der Waals surface area contributed by atoms with E-state index in [0.29, 0.717) is 16.9 Å². The Labute approximate surface area is 241 Å². The average Bonchev–Trinajstić information content (AvgIpc) is 3.36. The van der Waals surface area contributed by atoms with Crippen molar-refractivity contribution in [1.29, 1.82) is 0 Å². The number of rotatable bonds is 15. The molecule has 0 saturated heterocycles. The summed E-state index contributed by atoms with van der Waals surface area (Å²) in [5.74, 6) is -2.90. The van der Waals surface area contributed by atoms with Gasteiger partial charge < -0.3 is 42.0 Å². The number of H-pyrrole nitrogens is 1. The summed E-state index contributed by atoms with van der Waals surface area (Å²) in [6, 6.07) is 8.66. The minimum atomic E-state index is -1.42. The summed E-state index contributed by atoms with van der Waals surface area (Å²) in [6.07, 6.45) is 3.84. The fraction of sp³-hybridized carbons (Fsp3) is 0.357. The van der Waals surface area contributed by atoms with Crippen molar-refractivity contribution in [3.05, 3.63) is 65.9 Å². The molecule has 1 aromatic heterocycles. The Balaban J connectivity index is 1.74. The van der Waals surface area contributed by atoms with Gasteiger partial charge in [0.1, 0.15) is 23.9 Å². The van der Waals surface area contributed by atoms with Gasteiger partial charge in [0.05, 0.1) is 12.6 Å². The summed E-state index contributed by atoms with van der Waals surface area (Å²) in [5, 5.41) is 37.2. The summed E-state index contributed by atoms with van der Waals surface area (Å²) in [4.78, 5) is 54.0. The molecule has 41 heavy (non-hydrogen) atoms. The number of amides is 3. The lowest BCUT2D eigenvalue weighted by molar-refractivity contribution is -0.142. The maximum Gasteiger partial charge on any atom is 0.326 e. The van der Waals surface area contributed by atoms with Crippen LogP contribution in [0, 0.1) is 0 Å². The minimum absolute atomic E-state index is 0.0168. The fourth-order valence-electron chi connectivity index (χ4n) is 4.22. The summed E-state index contributed by atoms with van der Waals surface area (Å²) >= 11 is 1.44. The molecule has 4 unspecified atom stereocenters. The summed E-state index contributed by atoms with van der Waals surface area (Å²) in [6.45, 7) is -0.767. The third-order valence-electron chi connectivity index (χ3n) is 6.50. The van der Waals surface area contributed by atoms with Crippen LogP contribution in [0.3, 0.4) is 0 Å². The van der Waals surface area contributed by atoms with Crippen LogP contribution in [-0.2, 0) is 32.0 Å². The van der Waals surface area contributed by atoms with Gasteiger partial charge >= 0.3 is 5.97 Å². The molecule has 1 heterocycles. The number of nitrogens with one attached hydrogen (secondary N) is 4. The van der Waals surface area contributed by atoms with E-state index in [-0.39, 0.29) is 25.0 Å². The quantitative estimate of drug-likeness (QED) is 0.123. The van der Waals surface area contributed by atoms with Gasteiger partial charge in [-0.3, -0.25) is 14.4 Å². The van der Waals surface area contributed by atoms with Crippen molar-refractivity contribution >= 4 is 46.4 Å².